The molecule has 0 spiro atoms. The van der Waals surface area contributed by atoms with Gasteiger partial charge in [0, 0.05) is 16.8 Å². The summed E-state index contributed by atoms with van der Waals surface area (Å²) in [5, 5.41) is 19.7. The number of aromatic nitrogens is 1. The Bertz CT molecular complexity index is 640. The summed E-state index contributed by atoms with van der Waals surface area (Å²) >= 11 is 0. The zero-order valence-electron chi connectivity index (χ0n) is 11.0. The highest BCUT2D eigenvalue weighted by atomic mass is 16.5. The Kier molecular flexibility index (Phi) is 2.99. The van der Waals surface area contributed by atoms with Crippen molar-refractivity contribution in [2.24, 2.45) is 0 Å². The van der Waals surface area contributed by atoms with Crippen molar-refractivity contribution >= 4 is 11.7 Å². The van der Waals surface area contributed by atoms with E-state index in [9.17, 15) is 19.8 Å². The van der Waals surface area contributed by atoms with Gasteiger partial charge in [0.25, 0.3) is 5.91 Å². The highest BCUT2D eigenvalue weighted by Crippen LogP contribution is 2.38. The van der Waals surface area contributed by atoms with Gasteiger partial charge in [-0.05, 0) is 19.3 Å². The van der Waals surface area contributed by atoms with Crippen molar-refractivity contribution in [1.29, 1.82) is 0 Å². The standard InChI is InChI=1S/C14H15NO5/c1-20-10-5-11(18)15-8-3-2-4-9(17)12(8)7(6-16)13(15)14(10)19/h5,9,16-17H,2-4,6H2,1H3. The van der Waals surface area contributed by atoms with E-state index in [0.29, 0.717) is 29.7 Å². The van der Waals surface area contributed by atoms with Crippen LogP contribution in [0.4, 0.5) is 0 Å². The number of rotatable bonds is 2. The van der Waals surface area contributed by atoms with Crippen molar-refractivity contribution in [2.45, 2.75) is 32.0 Å². The second-order valence-corrected chi connectivity index (χ2v) is 4.97. The molecule has 2 N–H and O–H groups in total. The minimum atomic E-state index is -0.745. The van der Waals surface area contributed by atoms with Gasteiger partial charge in [-0.25, -0.2) is 0 Å². The number of aliphatic hydroxyl groups excluding tert-OH is 2. The number of methoxy groups -OCH3 is 1. The van der Waals surface area contributed by atoms with E-state index in [4.69, 9.17) is 4.74 Å². The first-order chi connectivity index (χ1) is 9.60. The number of allylic oxidation sites excluding steroid dienone is 2. The van der Waals surface area contributed by atoms with Crippen LogP contribution in [-0.2, 0) is 17.8 Å². The van der Waals surface area contributed by atoms with Gasteiger partial charge in [0.2, 0.25) is 5.78 Å². The number of ketones is 1. The van der Waals surface area contributed by atoms with Gasteiger partial charge in [0.1, 0.15) is 5.69 Å². The maximum atomic E-state index is 12.3. The van der Waals surface area contributed by atoms with E-state index in [1.165, 1.54) is 11.7 Å². The summed E-state index contributed by atoms with van der Waals surface area (Å²) < 4.78 is 6.24. The Hall–Kier alpha value is -1.92. The van der Waals surface area contributed by atoms with Crippen LogP contribution in [0.15, 0.2) is 11.8 Å². The number of hydrogen-bond donors (Lipinski definition) is 2. The maximum absolute atomic E-state index is 12.3. The van der Waals surface area contributed by atoms with Gasteiger partial charge in [-0.15, -0.1) is 0 Å². The molecule has 6 heteroatoms. The first kappa shape index (κ1) is 13.1. The van der Waals surface area contributed by atoms with Crippen LogP contribution in [0.25, 0.3) is 0 Å². The number of fused-ring (bicyclic) bond motifs is 3. The van der Waals surface area contributed by atoms with Crippen LogP contribution in [0.3, 0.4) is 0 Å². The molecule has 1 aromatic rings. The van der Waals surface area contributed by atoms with Gasteiger partial charge in [0.05, 0.1) is 25.9 Å². The molecule has 2 heterocycles. The van der Waals surface area contributed by atoms with Crippen molar-refractivity contribution in [3.63, 3.8) is 0 Å². The molecule has 0 fully saturated rings. The number of carbonyl (C=O) groups excluding carboxylic acids is 2. The molecule has 0 aromatic carbocycles. The lowest BCUT2D eigenvalue weighted by molar-refractivity contribution is 0.0861. The average molecular weight is 277 g/mol. The molecule has 1 unspecified atom stereocenters. The van der Waals surface area contributed by atoms with Crippen molar-refractivity contribution in [3.05, 3.63) is 34.3 Å². The summed E-state index contributed by atoms with van der Waals surface area (Å²) in [4.78, 5) is 24.5. The van der Waals surface area contributed by atoms with E-state index < -0.39 is 18.5 Å². The van der Waals surface area contributed by atoms with Crippen LogP contribution >= 0.6 is 0 Å². The first-order valence-electron chi connectivity index (χ1n) is 6.50. The van der Waals surface area contributed by atoms with Gasteiger partial charge < -0.3 is 14.9 Å². The Morgan fingerprint density at radius 2 is 2.20 bits per heavy atom. The van der Waals surface area contributed by atoms with E-state index in [-0.39, 0.29) is 17.4 Å². The number of ether oxygens (including phenoxy) is 1. The molecular weight excluding hydrogens is 262 g/mol. The van der Waals surface area contributed by atoms with Crippen LogP contribution in [0, 0.1) is 0 Å². The smallest absolute Gasteiger partial charge is 0.259 e. The third kappa shape index (κ3) is 1.58. The van der Waals surface area contributed by atoms with E-state index in [1.54, 1.807) is 0 Å². The van der Waals surface area contributed by atoms with Gasteiger partial charge >= 0.3 is 0 Å². The van der Waals surface area contributed by atoms with Crippen LogP contribution in [-0.4, -0.2) is 33.6 Å². The SMILES string of the molecule is COC1=CC(=O)n2c3c(c(CO)c2C1=O)C(O)CCC3. The van der Waals surface area contributed by atoms with Crippen LogP contribution in [0.2, 0.25) is 0 Å². The second kappa shape index (κ2) is 4.57. The lowest BCUT2D eigenvalue weighted by Gasteiger charge is -2.20. The molecule has 0 saturated carbocycles. The van der Waals surface area contributed by atoms with Crippen LogP contribution < -0.4 is 0 Å². The molecule has 3 rings (SSSR count). The van der Waals surface area contributed by atoms with E-state index in [0.717, 1.165) is 12.5 Å². The molecule has 0 saturated heterocycles. The molecule has 6 nitrogen and oxygen atoms in total. The largest absolute Gasteiger partial charge is 0.492 e. The molecule has 0 amide bonds. The highest BCUT2D eigenvalue weighted by Gasteiger charge is 2.37. The summed E-state index contributed by atoms with van der Waals surface area (Å²) in [6.45, 7) is -0.391. The van der Waals surface area contributed by atoms with Gasteiger partial charge in [-0.3, -0.25) is 14.2 Å². The minimum absolute atomic E-state index is 0.0402. The second-order valence-electron chi connectivity index (χ2n) is 4.97. The van der Waals surface area contributed by atoms with E-state index in [2.05, 4.69) is 0 Å². The third-order valence-electron chi connectivity index (χ3n) is 3.93. The lowest BCUT2D eigenvalue weighted by Crippen LogP contribution is -2.26. The maximum Gasteiger partial charge on any atom is 0.259 e. The van der Waals surface area contributed by atoms with Gasteiger partial charge in [0.15, 0.2) is 5.76 Å². The molecule has 0 radical (unpaired) electrons. The summed E-state index contributed by atoms with van der Waals surface area (Å²) in [5.74, 6) is -0.846. The van der Waals surface area contributed by atoms with E-state index >= 15 is 0 Å². The first-order valence-corrected chi connectivity index (χ1v) is 6.50. The number of hydrogen-bond acceptors (Lipinski definition) is 5. The fraction of sp³-hybridized carbons (Fsp3) is 0.429. The fourth-order valence-electron chi connectivity index (χ4n) is 3.09. The summed E-state index contributed by atoms with van der Waals surface area (Å²) in [6, 6.07) is 0. The van der Waals surface area contributed by atoms with E-state index in [1.807, 2.05) is 0 Å². The Morgan fingerprint density at radius 3 is 2.85 bits per heavy atom. The molecule has 1 aromatic heterocycles. The highest BCUT2D eigenvalue weighted by molar-refractivity contribution is 6.16. The zero-order chi connectivity index (χ0) is 14.4. The van der Waals surface area contributed by atoms with Crippen molar-refractivity contribution in [1.82, 2.24) is 4.57 Å². The average Bonchev–Trinajstić information content (AvgIpc) is 2.79. The summed E-state index contributed by atoms with van der Waals surface area (Å²) in [7, 11) is 1.32. The monoisotopic (exact) mass is 277 g/mol. The molecule has 1 aliphatic carbocycles. The van der Waals surface area contributed by atoms with Crippen LogP contribution in [0.1, 0.15) is 51.0 Å². The van der Waals surface area contributed by atoms with Crippen molar-refractivity contribution in [2.75, 3.05) is 7.11 Å². The van der Waals surface area contributed by atoms with Gasteiger partial charge in [-0.1, -0.05) is 0 Å². The third-order valence-corrected chi connectivity index (χ3v) is 3.93. The Morgan fingerprint density at radius 1 is 1.45 bits per heavy atom. The molecule has 0 bridgehead atoms. The molecule has 1 atom stereocenters. The molecule has 2 aliphatic rings. The zero-order valence-corrected chi connectivity index (χ0v) is 11.0. The quantitative estimate of drug-likeness (QED) is 0.831. The predicted octanol–water partition coefficient (Wildman–Crippen LogP) is 0.717. The number of carbonyl (C=O) groups is 2. The lowest BCUT2D eigenvalue weighted by atomic mass is 9.91. The fourth-order valence-corrected chi connectivity index (χ4v) is 3.09. The molecule has 1 aliphatic heterocycles. The number of aliphatic hydroxyl groups is 2. The Labute approximate surface area is 115 Å². The summed E-state index contributed by atoms with van der Waals surface area (Å²) in [5.41, 5.74) is 1.63. The van der Waals surface area contributed by atoms with Crippen LogP contribution in [0.5, 0.6) is 0 Å². The van der Waals surface area contributed by atoms with Crippen molar-refractivity contribution in [3.8, 4) is 0 Å². The molecule has 106 valence electrons. The normalized spacial score (nSPS) is 21.4. The topological polar surface area (TPSA) is 88.8 Å². The minimum Gasteiger partial charge on any atom is -0.492 e. The van der Waals surface area contributed by atoms with Crippen molar-refractivity contribution < 1.29 is 24.5 Å². The number of Topliss-reactive ketones (excluding diaryl/α,β-unsaturated/α-hetero) is 1. The Balaban J connectivity index is 2.30. The predicted molar refractivity (Wildman–Crippen MR) is 68.3 cm³/mol. The number of nitrogens with zero attached hydrogens (tertiary/aromatic N) is 1. The summed E-state index contributed by atoms with van der Waals surface area (Å²) in [6.07, 6.45) is 2.32. The molecule has 20 heavy (non-hydrogen) atoms. The molecular formula is C14H15NO5. The van der Waals surface area contributed by atoms with Gasteiger partial charge in [-0.2, -0.15) is 0 Å².